The SMILES string of the molecule is CCC1(CC)C(=O)[C@@H](C#N)CN1C(=O)OC(C)(C)C. The summed E-state index contributed by atoms with van der Waals surface area (Å²) in [4.78, 5) is 26.0. The number of nitrogens with zero attached hydrogens (tertiary/aromatic N) is 2. The van der Waals surface area contributed by atoms with Crippen LogP contribution in [0.5, 0.6) is 0 Å². The van der Waals surface area contributed by atoms with Gasteiger partial charge >= 0.3 is 6.09 Å². The van der Waals surface area contributed by atoms with Crippen molar-refractivity contribution in [2.75, 3.05) is 6.54 Å². The molecule has 1 rings (SSSR count). The highest BCUT2D eigenvalue weighted by Gasteiger charge is 2.54. The van der Waals surface area contributed by atoms with Gasteiger partial charge in [0.1, 0.15) is 17.1 Å². The Labute approximate surface area is 114 Å². The van der Waals surface area contributed by atoms with Gasteiger partial charge in [0.15, 0.2) is 5.78 Å². The number of carbonyl (C=O) groups is 2. The Morgan fingerprint density at radius 2 is 2.00 bits per heavy atom. The highest BCUT2D eigenvalue weighted by atomic mass is 16.6. The van der Waals surface area contributed by atoms with Gasteiger partial charge in [0.2, 0.25) is 0 Å². The van der Waals surface area contributed by atoms with Crippen molar-refractivity contribution in [3.8, 4) is 6.07 Å². The van der Waals surface area contributed by atoms with Crippen molar-refractivity contribution in [3.05, 3.63) is 0 Å². The molecule has 0 aliphatic carbocycles. The van der Waals surface area contributed by atoms with Crippen LogP contribution in [0.4, 0.5) is 4.79 Å². The number of likely N-dealkylation sites (tertiary alicyclic amines) is 1. The van der Waals surface area contributed by atoms with E-state index in [0.29, 0.717) is 12.8 Å². The van der Waals surface area contributed by atoms with E-state index in [1.165, 1.54) is 4.90 Å². The molecule has 19 heavy (non-hydrogen) atoms. The molecular weight excluding hydrogens is 244 g/mol. The molecule has 0 aromatic rings. The molecule has 0 aromatic carbocycles. The largest absolute Gasteiger partial charge is 0.444 e. The Morgan fingerprint density at radius 3 is 2.37 bits per heavy atom. The van der Waals surface area contributed by atoms with Crippen molar-refractivity contribution in [3.63, 3.8) is 0 Å². The van der Waals surface area contributed by atoms with E-state index in [-0.39, 0.29) is 12.3 Å². The molecule has 1 heterocycles. The van der Waals surface area contributed by atoms with Gasteiger partial charge in [-0.25, -0.2) is 4.79 Å². The minimum atomic E-state index is -0.886. The van der Waals surface area contributed by atoms with Crippen LogP contribution in [0.25, 0.3) is 0 Å². The molecule has 0 spiro atoms. The average molecular weight is 266 g/mol. The molecule has 0 N–H and O–H groups in total. The van der Waals surface area contributed by atoms with Crippen molar-refractivity contribution >= 4 is 11.9 Å². The molecule has 1 saturated heterocycles. The van der Waals surface area contributed by atoms with E-state index in [9.17, 15) is 9.59 Å². The summed E-state index contributed by atoms with van der Waals surface area (Å²) in [6.07, 6.45) is 0.488. The van der Waals surface area contributed by atoms with Gasteiger partial charge in [-0.05, 0) is 33.6 Å². The lowest BCUT2D eigenvalue weighted by Gasteiger charge is -2.36. The molecular formula is C14H22N2O3. The quantitative estimate of drug-likeness (QED) is 0.770. The Balaban J connectivity index is 3.08. The predicted octanol–water partition coefficient (Wildman–Crippen LogP) is 2.50. The van der Waals surface area contributed by atoms with Crippen LogP contribution in [-0.4, -0.2) is 34.5 Å². The standard InChI is InChI=1S/C14H22N2O3/c1-6-14(7-2)11(17)10(8-15)9-16(14)12(18)19-13(3,4)5/h10H,6-7,9H2,1-5H3/t10-/m0/s1. The average Bonchev–Trinajstić information content (AvgIpc) is 2.60. The van der Waals surface area contributed by atoms with Crippen LogP contribution in [0.2, 0.25) is 0 Å². The van der Waals surface area contributed by atoms with Crippen LogP contribution in [0.1, 0.15) is 47.5 Å². The molecule has 1 fully saturated rings. The summed E-state index contributed by atoms with van der Waals surface area (Å²) in [5.74, 6) is -0.904. The third-order valence-electron chi connectivity index (χ3n) is 3.60. The van der Waals surface area contributed by atoms with Gasteiger partial charge in [0.05, 0.1) is 6.07 Å². The highest BCUT2D eigenvalue weighted by molar-refractivity contribution is 5.98. The monoisotopic (exact) mass is 266 g/mol. The van der Waals surface area contributed by atoms with Crippen molar-refractivity contribution in [2.24, 2.45) is 5.92 Å². The van der Waals surface area contributed by atoms with E-state index in [1.54, 1.807) is 20.8 Å². The molecule has 1 amide bonds. The normalized spacial score (nSPS) is 22.2. The summed E-state index contributed by atoms with van der Waals surface area (Å²) >= 11 is 0. The Hall–Kier alpha value is -1.57. The topological polar surface area (TPSA) is 70.4 Å². The van der Waals surface area contributed by atoms with Gasteiger partial charge in [-0.15, -0.1) is 0 Å². The summed E-state index contributed by atoms with van der Waals surface area (Å²) in [5, 5.41) is 9.04. The van der Waals surface area contributed by atoms with Gasteiger partial charge < -0.3 is 4.74 Å². The molecule has 5 nitrogen and oxygen atoms in total. The Morgan fingerprint density at radius 1 is 1.47 bits per heavy atom. The molecule has 0 radical (unpaired) electrons. The van der Waals surface area contributed by atoms with Crippen LogP contribution >= 0.6 is 0 Å². The number of hydrogen-bond acceptors (Lipinski definition) is 4. The number of nitriles is 1. The number of amides is 1. The zero-order chi connectivity index (χ0) is 14.8. The van der Waals surface area contributed by atoms with Gasteiger partial charge in [-0.2, -0.15) is 5.26 Å². The first-order chi connectivity index (χ1) is 8.71. The van der Waals surface area contributed by atoms with Crippen LogP contribution in [0.15, 0.2) is 0 Å². The molecule has 0 saturated carbocycles. The minimum absolute atomic E-state index is 0.131. The van der Waals surface area contributed by atoms with Crippen LogP contribution in [0.3, 0.4) is 0 Å². The maximum atomic E-state index is 12.3. The Bertz CT molecular complexity index is 413. The first-order valence-corrected chi connectivity index (χ1v) is 6.66. The first-order valence-electron chi connectivity index (χ1n) is 6.66. The molecule has 106 valence electrons. The lowest BCUT2D eigenvalue weighted by molar-refractivity contribution is -0.127. The summed E-state index contributed by atoms with van der Waals surface area (Å²) in [6, 6.07) is 1.99. The second kappa shape index (κ2) is 5.20. The maximum Gasteiger partial charge on any atom is 0.411 e. The van der Waals surface area contributed by atoms with E-state index in [1.807, 2.05) is 19.9 Å². The number of hydrogen-bond donors (Lipinski definition) is 0. The number of ether oxygens (including phenoxy) is 1. The third-order valence-corrected chi connectivity index (χ3v) is 3.60. The van der Waals surface area contributed by atoms with Gasteiger partial charge in [0.25, 0.3) is 0 Å². The number of ketones is 1. The predicted molar refractivity (Wildman–Crippen MR) is 70.4 cm³/mol. The van der Waals surface area contributed by atoms with Crippen molar-refractivity contribution in [1.29, 1.82) is 5.26 Å². The van der Waals surface area contributed by atoms with Crippen LogP contribution in [-0.2, 0) is 9.53 Å². The fourth-order valence-electron chi connectivity index (χ4n) is 2.54. The molecule has 0 aromatic heterocycles. The van der Waals surface area contributed by atoms with Gasteiger partial charge in [0, 0.05) is 6.54 Å². The zero-order valence-corrected chi connectivity index (χ0v) is 12.3. The summed E-state index contributed by atoms with van der Waals surface area (Å²) in [7, 11) is 0. The number of rotatable bonds is 2. The van der Waals surface area contributed by atoms with Crippen LogP contribution < -0.4 is 0 Å². The number of carbonyl (C=O) groups excluding carboxylic acids is 2. The highest BCUT2D eigenvalue weighted by Crippen LogP contribution is 2.36. The van der Waals surface area contributed by atoms with E-state index >= 15 is 0 Å². The zero-order valence-electron chi connectivity index (χ0n) is 12.3. The molecule has 0 unspecified atom stereocenters. The van der Waals surface area contributed by atoms with Crippen molar-refractivity contribution in [2.45, 2.75) is 58.6 Å². The van der Waals surface area contributed by atoms with E-state index in [0.717, 1.165) is 0 Å². The lowest BCUT2D eigenvalue weighted by Crippen LogP contribution is -2.51. The molecule has 0 bridgehead atoms. The van der Waals surface area contributed by atoms with Gasteiger partial charge in [-0.1, -0.05) is 13.8 Å². The van der Waals surface area contributed by atoms with E-state index in [4.69, 9.17) is 10.00 Å². The van der Waals surface area contributed by atoms with E-state index in [2.05, 4.69) is 0 Å². The summed E-state index contributed by atoms with van der Waals surface area (Å²) in [5.41, 5.74) is -1.50. The molecule has 5 heteroatoms. The fraction of sp³-hybridized carbons (Fsp3) is 0.786. The number of Topliss-reactive ketones (excluding diaryl/α,β-unsaturated/α-hetero) is 1. The van der Waals surface area contributed by atoms with Crippen molar-refractivity contribution in [1.82, 2.24) is 4.90 Å². The second-order valence-electron chi connectivity index (χ2n) is 5.88. The molecule has 1 atom stereocenters. The molecule has 1 aliphatic rings. The van der Waals surface area contributed by atoms with Gasteiger partial charge in [-0.3, -0.25) is 9.69 Å². The fourth-order valence-corrected chi connectivity index (χ4v) is 2.54. The maximum absolute atomic E-state index is 12.3. The minimum Gasteiger partial charge on any atom is -0.444 e. The van der Waals surface area contributed by atoms with E-state index < -0.39 is 23.2 Å². The first kappa shape index (κ1) is 15.5. The van der Waals surface area contributed by atoms with Crippen molar-refractivity contribution < 1.29 is 14.3 Å². The smallest absolute Gasteiger partial charge is 0.411 e. The lowest BCUT2D eigenvalue weighted by atomic mass is 9.86. The second-order valence-corrected chi connectivity index (χ2v) is 5.88. The third kappa shape index (κ3) is 2.73. The molecule has 1 aliphatic heterocycles. The Kier molecular flexibility index (Phi) is 4.24. The summed E-state index contributed by atoms with van der Waals surface area (Å²) < 4.78 is 5.35. The summed E-state index contributed by atoms with van der Waals surface area (Å²) in [6.45, 7) is 9.20. The van der Waals surface area contributed by atoms with Crippen LogP contribution in [0, 0.1) is 17.2 Å².